The first-order chi connectivity index (χ1) is 17.3. The molecular weight excluding hydrogens is 513 g/mol. The molecule has 36 heavy (non-hydrogen) atoms. The number of carbonyl (C=O) groups excluding carboxylic acids is 1. The third kappa shape index (κ3) is 3.80. The molecule has 5 heterocycles. The number of nitrogens with zero attached hydrogens (tertiary/aromatic N) is 5. The second-order valence-corrected chi connectivity index (χ2v) is 10.7. The van der Waals surface area contributed by atoms with Crippen molar-refractivity contribution in [3.8, 4) is 11.3 Å². The van der Waals surface area contributed by atoms with Gasteiger partial charge in [0.05, 0.1) is 16.9 Å². The normalized spacial score (nSPS) is 26.6. The second kappa shape index (κ2) is 8.76. The van der Waals surface area contributed by atoms with Gasteiger partial charge in [0.1, 0.15) is 5.70 Å². The van der Waals surface area contributed by atoms with E-state index in [1.54, 1.807) is 24.4 Å². The molecule has 12 heteroatoms. The largest absolute Gasteiger partial charge is 0.420 e. The van der Waals surface area contributed by atoms with Gasteiger partial charge >= 0.3 is 6.18 Å². The quantitative estimate of drug-likeness (QED) is 0.490. The molecule has 3 atom stereocenters. The van der Waals surface area contributed by atoms with Gasteiger partial charge in [-0.3, -0.25) is 14.2 Å². The minimum absolute atomic E-state index is 0.0400. The smallest absolute Gasteiger partial charge is 0.313 e. The molecule has 0 saturated carbocycles. The number of hydrogen-bond acceptors (Lipinski definition) is 7. The maximum Gasteiger partial charge on any atom is 0.420 e. The Balaban J connectivity index is 1.47. The molecular formula is C24H22ClF3N6OS. The molecule has 0 aliphatic carbocycles. The van der Waals surface area contributed by atoms with E-state index in [9.17, 15) is 18.0 Å². The number of alkyl halides is 3. The highest BCUT2D eigenvalue weighted by molar-refractivity contribution is 8.03. The van der Waals surface area contributed by atoms with Crippen LogP contribution >= 0.6 is 23.4 Å². The van der Waals surface area contributed by atoms with Crippen molar-refractivity contribution in [1.29, 1.82) is 0 Å². The summed E-state index contributed by atoms with van der Waals surface area (Å²) in [5, 5.41) is 6.54. The molecule has 0 radical (unpaired) electrons. The van der Waals surface area contributed by atoms with Gasteiger partial charge in [-0.25, -0.2) is 15.0 Å². The molecule has 3 aliphatic heterocycles. The Morgan fingerprint density at radius 3 is 2.83 bits per heavy atom. The van der Waals surface area contributed by atoms with Crippen LogP contribution in [0.3, 0.4) is 0 Å². The summed E-state index contributed by atoms with van der Waals surface area (Å²) < 4.78 is 44.2. The molecule has 188 valence electrons. The summed E-state index contributed by atoms with van der Waals surface area (Å²) in [6.45, 7) is 1.04. The number of halogens is 4. The van der Waals surface area contributed by atoms with E-state index in [1.165, 1.54) is 10.4 Å². The molecule has 0 spiro atoms. The fraction of sp³-hybridized carbons (Fsp3) is 0.375. The van der Waals surface area contributed by atoms with Crippen molar-refractivity contribution in [1.82, 2.24) is 29.7 Å². The van der Waals surface area contributed by atoms with E-state index in [0.29, 0.717) is 60.5 Å². The van der Waals surface area contributed by atoms with Crippen molar-refractivity contribution in [2.75, 3.05) is 13.1 Å². The van der Waals surface area contributed by atoms with Crippen LogP contribution in [0.4, 0.5) is 13.2 Å². The molecule has 3 unspecified atom stereocenters. The SMILES string of the molecule is O=CC1=CSC(C(F)(F)F)N1N1C2CCC1(Cc1c(-c3ccc(Cl)cc3)nc3ncccn13)CNC2. The number of thioether (sulfide) groups is 1. The number of fused-ring (bicyclic) bond motifs is 3. The summed E-state index contributed by atoms with van der Waals surface area (Å²) in [6, 6.07) is 8.97. The van der Waals surface area contributed by atoms with Crippen LogP contribution in [-0.4, -0.2) is 66.9 Å². The van der Waals surface area contributed by atoms with Gasteiger partial charge in [-0.15, -0.1) is 0 Å². The second-order valence-electron chi connectivity index (χ2n) is 9.31. The first-order valence-corrected chi connectivity index (χ1v) is 12.9. The molecule has 2 saturated heterocycles. The van der Waals surface area contributed by atoms with E-state index in [2.05, 4.69) is 10.3 Å². The highest BCUT2D eigenvalue weighted by Crippen LogP contribution is 2.49. The predicted molar refractivity (Wildman–Crippen MR) is 131 cm³/mol. The van der Waals surface area contributed by atoms with Crippen LogP contribution in [0.5, 0.6) is 0 Å². The van der Waals surface area contributed by atoms with Crippen molar-refractivity contribution < 1.29 is 18.0 Å². The molecule has 7 nitrogen and oxygen atoms in total. The molecule has 2 aromatic heterocycles. The molecule has 3 aliphatic rings. The first kappa shape index (κ1) is 23.8. The predicted octanol–water partition coefficient (Wildman–Crippen LogP) is 4.29. The van der Waals surface area contributed by atoms with Gasteiger partial charge in [0.15, 0.2) is 11.7 Å². The lowest BCUT2D eigenvalue weighted by atomic mass is 9.89. The monoisotopic (exact) mass is 534 g/mol. The molecule has 2 fully saturated rings. The van der Waals surface area contributed by atoms with Gasteiger partial charge in [0, 0.05) is 53.9 Å². The summed E-state index contributed by atoms with van der Waals surface area (Å²) in [5.41, 5.74) is 1.76. The average molecular weight is 535 g/mol. The van der Waals surface area contributed by atoms with Gasteiger partial charge in [0.2, 0.25) is 5.78 Å². The van der Waals surface area contributed by atoms with Crippen molar-refractivity contribution >= 4 is 35.4 Å². The summed E-state index contributed by atoms with van der Waals surface area (Å²) in [5.74, 6) is 0.511. The highest BCUT2D eigenvalue weighted by Gasteiger charge is 2.58. The Labute approximate surface area is 214 Å². The Kier molecular flexibility index (Phi) is 5.78. The van der Waals surface area contributed by atoms with Gasteiger partial charge in [-0.1, -0.05) is 35.5 Å². The van der Waals surface area contributed by atoms with Gasteiger partial charge in [-0.2, -0.15) is 13.2 Å². The van der Waals surface area contributed by atoms with E-state index in [0.717, 1.165) is 17.7 Å². The van der Waals surface area contributed by atoms with Crippen LogP contribution in [0.25, 0.3) is 17.0 Å². The average Bonchev–Trinajstić information content (AvgIpc) is 3.50. The van der Waals surface area contributed by atoms with Crippen LogP contribution in [0, 0.1) is 0 Å². The van der Waals surface area contributed by atoms with Gasteiger partial charge in [-0.05, 0) is 31.0 Å². The van der Waals surface area contributed by atoms with E-state index >= 15 is 0 Å². The summed E-state index contributed by atoms with van der Waals surface area (Å²) >= 11 is 6.74. The topological polar surface area (TPSA) is 65.8 Å². The summed E-state index contributed by atoms with van der Waals surface area (Å²) in [7, 11) is 0. The molecule has 1 aromatic carbocycles. The van der Waals surface area contributed by atoms with E-state index in [1.807, 2.05) is 27.7 Å². The molecule has 3 aromatic rings. The first-order valence-electron chi connectivity index (χ1n) is 11.6. The van der Waals surface area contributed by atoms with Crippen molar-refractivity contribution in [2.45, 2.75) is 42.4 Å². The van der Waals surface area contributed by atoms with Crippen LogP contribution in [0.15, 0.2) is 53.8 Å². The van der Waals surface area contributed by atoms with E-state index in [-0.39, 0.29) is 11.7 Å². The minimum atomic E-state index is -4.50. The minimum Gasteiger partial charge on any atom is -0.313 e. The lowest BCUT2D eigenvalue weighted by molar-refractivity contribution is -0.206. The number of nitrogens with one attached hydrogen (secondary N) is 1. The Hall–Kier alpha value is -2.60. The zero-order valence-corrected chi connectivity index (χ0v) is 20.5. The van der Waals surface area contributed by atoms with Crippen LogP contribution in [0.2, 0.25) is 5.02 Å². The lowest BCUT2D eigenvalue weighted by Gasteiger charge is -2.51. The number of hydrogen-bond donors (Lipinski definition) is 1. The third-order valence-corrected chi connectivity index (χ3v) is 8.52. The molecule has 0 amide bonds. The molecule has 6 rings (SSSR count). The zero-order valence-electron chi connectivity index (χ0n) is 19.0. The summed E-state index contributed by atoms with van der Waals surface area (Å²) in [4.78, 5) is 21.0. The molecule has 1 N–H and O–H groups in total. The fourth-order valence-corrected chi connectivity index (χ4v) is 6.75. The Morgan fingerprint density at radius 1 is 1.28 bits per heavy atom. The zero-order chi connectivity index (χ0) is 25.1. The van der Waals surface area contributed by atoms with Crippen LogP contribution < -0.4 is 5.32 Å². The number of aldehydes is 1. The van der Waals surface area contributed by atoms with Crippen LogP contribution in [-0.2, 0) is 11.2 Å². The van der Waals surface area contributed by atoms with Crippen molar-refractivity contribution in [2.24, 2.45) is 0 Å². The number of benzene rings is 1. The van der Waals surface area contributed by atoms with Crippen LogP contribution in [0.1, 0.15) is 18.5 Å². The highest BCUT2D eigenvalue weighted by atomic mass is 35.5. The Bertz CT molecular complexity index is 1340. The van der Waals surface area contributed by atoms with Crippen molar-refractivity contribution in [3.05, 3.63) is 64.5 Å². The number of carbonyl (C=O) groups is 1. The van der Waals surface area contributed by atoms with Crippen molar-refractivity contribution in [3.63, 3.8) is 0 Å². The number of allylic oxidation sites excluding steroid dienone is 1. The van der Waals surface area contributed by atoms with E-state index in [4.69, 9.17) is 16.6 Å². The van der Waals surface area contributed by atoms with Gasteiger partial charge in [0.25, 0.3) is 0 Å². The maximum absolute atomic E-state index is 14.1. The number of aromatic nitrogens is 3. The number of rotatable bonds is 5. The standard InChI is InChI=1S/C24H22ClF3N6OS/c25-16-4-2-15(3-5-16)20-19(32-9-1-8-30-22(32)31-20)10-23-7-6-17(11-29-14-23)34(23)33-18(12-35)13-36-21(33)24(26,27)28/h1-5,8-9,12-13,17,21,29H,6-7,10-11,14H2. The fourth-order valence-electron chi connectivity index (χ4n) is 5.70. The number of piperazine rings is 1. The third-order valence-electron chi connectivity index (χ3n) is 7.16. The molecule has 2 bridgehead atoms. The van der Waals surface area contributed by atoms with E-state index < -0.39 is 17.1 Å². The summed E-state index contributed by atoms with van der Waals surface area (Å²) in [6.07, 6.45) is 1.36. The number of hydrazine groups is 1. The maximum atomic E-state index is 14.1. The number of imidazole rings is 1. The van der Waals surface area contributed by atoms with Gasteiger partial charge < -0.3 is 5.32 Å². The Morgan fingerprint density at radius 2 is 2.08 bits per heavy atom. The lowest BCUT2D eigenvalue weighted by Crippen LogP contribution is -2.68.